The molecule has 1 aliphatic carbocycles. The maximum atomic E-state index is 14.0. The fraction of sp³-hybridized carbons (Fsp3) is 0.429. The molecule has 2 amide bonds. The molecule has 7 nitrogen and oxygen atoms in total. The Morgan fingerprint density at radius 2 is 1.71 bits per heavy atom. The summed E-state index contributed by atoms with van der Waals surface area (Å²) in [5, 5.41) is 2.61. The van der Waals surface area contributed by atoms with Crippen molar-refractivity contribution in [2.45, 2.75) is 54.9 Å². The molecule has 1 aromatic carbocycles. The van der Waals surface area contributed by atoms with Gasteiger partial charge in [0, 0.05) is 54.1 Å². The molecular formula is C21H19Cl2F5N4O3. The topological polar surface area (TPSA) is 84.4 Å². The summed E-state index contributed by atoms with van der Waals surface area (Å²) in [6.07, 6.45) is 2.70. The summed E-state index contributed by atoms with van der Waals surface area (Å²) in [7, 11) is 0. The molecule has 35 heavy (non-hydrogen) atoms. The van der Waals surface area contributed by atoms with Crippen molar-refractivity contribution in [3.05, 3.63) is 48.5 Å². The van der Waals surface area contributed by atoms with Gasteiger partial charge in [0.15, 0.2) is 0 Å². The van der Waals surface area contributed by atoms with Gasteiger partial charge in [-0.3, -0.25) is 14.5 Å². The lowest BCUT2D eigenvalue weighted by Crippen LogP contribution is -2.49. The number of hydrogen-bond acceptors (Lipinski definition) is 5. The first-order valence-electron chi connectivity index (χ1n) is 10.3. The van der Waals surface area contributed by atoms with Crippen LogP contribution in [0.25, 0.3) is 0 Å². The lowest BCUT2D eigenvalue weighted by atomic mass is 9.92. The number of amides is 2. The Bertz CT molecular complexity index is 1020. The highest BCUT2D eigenvalue weighted by Gasteiger charge is 2.40. The van der Waals surface area contributed by atoms with Crippen LogP contribution in [0.3, 0.4) is 0 Å². The molecule has 0 unspecified atom stereocenters. The number of carbonyl (C=O) groups is 2. The van der Waals surface area contributed by atoms with Gasteiger partial charge in [0.05, 0.1) is 0 Å². The summed E-state index contributed by atoms with van der Waals surface area (Å²) in [5.74, 6) is -5.38. The van der Waals surface area contributed by atoms with Crippen molar-refractivity contribution >= 4 is 40.7 Å². The number of ether oxygens (including phenoxy) is 1. The summed E-state index contributed by atoms with van der Waals surface area (Å²) in [4.78, 5) is 34.4. The van der Waals surface area contributed by atoms with Gasteiger partial charge in [-0.2, -0.15) is 0 Å². The molecule has 1 aliphatic rings. The number of benzene rings is 1. The average molecular weight is 541 g/mol. The summed E-state index contributed by atoms with van der Waals surface area (Å²) in [6, 6.07) is 2.08. The van der Waals surface area contributed by atoms with Crippen LogP contribution in [-0.2, 0) is 9.59 Å². The third-order valence-corrected chi connectivity index (χ3v) is 5.50. The van der Waals surface area contributed by atoms with E-state index in [2.05, 4.69) is 20.0 Å². The first-order valence-corrected chi connectivity index (χ1v) is 11.1. The summed E-state index contributed by atoms with van der Waals surface area (Å²) in [6.45, 7) is 0. The third kappa shape index (κ3) is 7.38. The number of anilines is 1. The minimum Gasteiger partial charge on any atom is -0.420 e. The number of nitrogens with zero attached hydrogens (tertiary/aromatic N) is 3. The van der Waals surface area contributed by atoms with Gasteiger partial charge in [-0.25, -0.2) is 23.1 Å². The molecule has 0 spiro atoms. The van der Waals surface area contributed by atoms with Crippen LogP contribution in [0.5, 0.6) is 5.75 Å². The minimum atomic E-state index is -4.00. The van der Waals surface area contributed by atoms with Crippen molar-refractivity contribution in [2.75, 3.05) is 4.90 Å². The van der Waals surface area contributed by atoms with Crippen molar-refractivity contribution in [1.82, 2.24) is 15.3 Å². The number of halogens is 7. The van der Waals surface area contributed by atoms with Gasteiger partial charge in [0.25, 0.3) is 11.5 Å². The predicted octanol–water partition coefficient (Wildman–Crippen LogP) is 4.95. The average Bonchev–Trinajstić information content (AvgIpc) is 2.78. The van der Waals surface area contributed by atoms with Crippen LogP contribution in [0.1, 0.15) is 37.3 Å². The molecule has 0 saturated heterocycles. The van der Waals surface area contributed by atoms with Crippen molar-refractivity contribution in [2.24, 2.45) is 0 Å². The Labute approximate surface area is 206 Å². The number of rotatable bonds is 8. The molecule has 2 atom stereocenters. The number of carbonyl (C=O) groups excluding carboxylic acids is 2. The quantitative estimate of drug-likeness (QED) is 0.378. The molecule has 1 heterocycles. The van der Waals surface area contributed by atoms with Crippen molar-refractivity contribution in [1.29, 1.82) is 0 Å². The van der Waals surface area contributed by atoms with E-state index in [9.17, 15) is 31.5 Å². The minimum absolute atomic E-state index is 0.00931. The second-order valence-electron chi connectivity index (χ2n) is 7.76. The van der Waals surface area contributed by atoms with Crippen LogP contribution in [0.4, 0.5) is 27.6 Å². The Morgan fingerprint density at radius 3 is 2.23 bits per heavy atom. The Morgan fingerprint density at radius 1 is 1.14 bits per heavy atom. The van der Waals surface area contributed by atoms with E-state index in [0.29, 0.717) is 4.90 Å². The SMILES string of the molecule is O=C(NC1CCC(F)(F)CC1)[C@H](c1cncnc1)N(C(=O)[C@H](F)Cl)c1ccc(OC(F)(F)Cl)cc1. The maximum Gasteiger partial charge on any atom is 0.487 e. The summed E-state index contributed by atoms with van der Waals surface area (Å²) < 4.78 is 71.1. The molecule has 14 heteroatoms. The highest BCUT2D eigenvalue weighted by Crippen LogP contribution is 2.35. The Balaban J connectivity index is 1.96. The smallest absolute Gasteiger partial charge is 0.420 e. The largest absolute Gasteiger partial charge is 0.487 e. The van der Waals surface area contributed by atoms with Gasteiger partial charge in [-0.1, -0.05) is 11.6 Å². The second kappa shape index (κ2) is 10.9. The number of hydrogen-bond donors (Lipinski definition) is 1. The molecule has 3 rings (SSSR count). The van der Waals surface area contributed by atoms with E-state index >= 15 is 0 Å². The van der Waals surface area contributed by atoms with Crippen LogP contribution in [0, 0.1) is 0 Å². The van der Waals surface area contributed by atoms with E-state index in [1.165, 1.54) is 12.4 Å². The molecule has 2 aromatic rings. The van der Waals surface area contributed by atoms with Crippen LogP contribution in [-0.4, -0.2) is 44.9 Å². The fourth-order valence-electron chi connectivity index (χ4n) is 3.65. The van der Waals surface area contributed by atoms with Gasteiger partial charge in [0.1, 0.15) is 18.1 Å². The van der Waals surface area contributed by atoms with Crippen LogP contribution in [0.2, 0.25) is 0 Å². The molecule has 1 fully saturated rings. The number of alkyl halides is 7. The zero-order valence-electron chi connectivity index (χ0n) is 17.8. The van der Waals surface area contributed by atoms with Gasteiger partial charge in [-0.15, -0.1) is 8.78 Å². The zero-order valence-corrected chi connectivity index (χ0v) is 19.3. The van der Waals surface area contributed by atoms with E-state index in [0.717, 1.165) is 30.6 Å². The van der Waals surface area contributed by atoms with Crippen LogP contribution < -0.4 is 15.0 Å². The second-order valence-corrected chi connectivity index (χ2v) is 8.59. The molecular weight excluding hydrogens is 522 g/mol. The van der Waals surface area contributed by atoms with E-state index in [-0.39, 0.29) is 29.8 Å². The molecule has 1 saturated carbocycles. The lowest BCUT2D eigenvalue weighted by Gasteiger charge is -2.34. The van der Waals surface area contributed by atoms with E-state index in [1.54, 1.807) is 0 Å². The standard InChI is InChI=1S/C21H19Cl2F5N4O3/c22-17(24)19(34)32(14-1-3-15(4-2-14)35-21(23,27)28)16(12-9-29-11-30-10-12)18(33)31-13-5-7-20(25,26)8-6-13/h1-4,9-11,13,16-17H,5-8H2,(H,31,33)/t16-,17-/m0/s1. The van der Waals surface area contributed by atoms with Crippen molar-refractivity contribution in [3.63, 3.8) is 0 Å². The first kappa shape index (κ1) is 26.9. The van der Waals surface area contributed by atoms with Gasteiger partial charge in [0.2, 0.25) is 11.8 Å². The summed E-state index contributed by atoms with van der Waals surface area (Å²) >= 11 is 10.1. The Hall–Kier alpha value is -2.73. The number of nitrogens with one attached hydrogen (secondary N) is 1. The molecule has 0 aliphatic heterocycles. The van der Waals surface area contributed by atoms with Crippen molar-refractivity contribution < 1.29 is 36.3 Å². The van der Waals surface area contributed by atoms with Crippen molar-refractivity contribution in [3.8, 4) is 5.75 Å². The molecule has 1 N–H and O–H groups in total. The fourth-order valence-corrected chi connectivity index (χ4v) is 3.85. The highest BCUT2D eigenvalue weighted by atomic mass is 35.5. The van der Waals surface area contributed by atoms with Gasteiger partial charge >= 0.3 is 5.57 Å². The first-order chi connectivity index (χ1) is 16.4. The maximum absolute atomic E-state index is 14.0. The van der Waals surface area contributed by atoms with Gasteiger partial charge in [-0.05, 0) is 37.1 Å². The third-order valence-electron chi connectivity index (χ3n) is 5.24. The predicted molar refractivity (Wildman–Crippen MR) is 116 cm³/mol. The normalized spacial score (nSPS) is 17.8. The van der Waals surface area contributed by atoms with E-state index in [1.807, 2.05) is 0 Å². The van der Waals surface area contributed by atoms with Crippen LogP contribution in [0.15, 0.2) is 43.0 Å². The monoisotopic (exact) mass is 540 g/mol. The summed E-state index contributed by atoms with van der Waals surface area (Å²) in [5.41, 5.74) is -6.63. The highest BCUT2D eigenvalue weighted by molar-refractivity contribution is 6.32. The zero-order chi connectivity index (χ0) is 25.8. The Kier molecular flexibility index (Phi) is 8.37. The van der Waals surface area contributed by atoms with Crippen LogP contribution >= 0.6 is 23.2 Å². The number of aromatic nitrogens is 2. The van der Waals surface area contributed by atoms with E-state index < -0.39 is 53.9 Å². The molecule has 0 bridgehead atoms. The molecule has 190 valence electrons. The lowest BCUT2D eigenvalue weighted by molar-refractivity contribution is -0.128. The van der Waals surface area contributed by atoms with Gasteiger partial charge < -0.3 is 10.1 Å². The van der Waals surface area contributed by atoms with E-state index in [4.69, 9.17) is 23.2 Å². The molecule has 0 radical (unpaired) electrons. The molecule has 1 aromatic heterocycles.